The molecule has 2 N–H and O–H groups in total. The molecule has 6 nitrogen and oxygen atoms in total. The number of nitrogens with two attached hydrogens (primary N) is 1. The molecule has 0 aliphatic heterocycles. The first-order chi connectivity index (χ1) is 8.00. The van der Waals surface area contributed by atoms with Crippen molar-refractivity contribution >= 4 is 39.0 Å². The number of benzene rings is 1. The van der Waals surface area contributed by atoms with E-state index in [1.54, 1.807) is 12.1 Å². The minimum atomic E-state index is -0.503. The maximum atomic E-state index is 10.9. The van der Waals surface area contributed by atoms with E-state index in [9.17, 15) is 10.1 Å². The van der Waals surface area contributed by atoms with Gasteiger partial charge in [-0.15, -0.1) is 0 Å². The summed E-state index contributed by atoms with van der Waals surface area (Å²) in [5.74, 6) is 0.160. The van der Waals surface area contributed by atoms with Crippen molar-refractivity contribution < 1.29 is 4.92 Å². The predicted octanol–water partition coefficient (Wildman–Crippen LogP) is 2.78. The Hall–Kier alpha value is -1.60. The van der Waals surface area contributed by atoms with Crippen LogP contribution in [0.25, 0.3) is 5.69 Å². The van der Waals surface area contributed by atoms with Gasteiger partial charge in [0.25, 0.3) is 5.69 Å². The SMILES string of the molecule is Nc1c(Cl)cnn1-c1cc(Br)ccc1[N+](=O)[O-]. The fourth-order valence-electron chi connectivity index (χ4n) is 1.35. The topological polar surface area (TPSA) is 87.0 Å². The van der Waals surface area contributed by atoms with E-state index in [2.05, 4.69) is 21.0 Å². The van der Waals surface area contributed by atoms with Crippen molar-refractivity contribution in [2.75, 3.05) is 5.73 Å². The Bertz CT molecular complexity index is 599. The molecule has 2 rings (SSSR count). The molecule has 1 heterocycles. The van der Waals surface area contributed by atoms with Crippen LogP contribution in [-0.2, 0) is 0 Å². The Morgan fingerprint density at radius 1 is 1.53 bits per heavy atom. The Labute approximate surface area is 109 Å². The first kappa shape index (κ1) is 11.9. The molecule has 0 amide bonds. The lowest BCUT2D eigenvalue weighted by molar-refractivity contribution is -0.384. The molecule has 0 saturated carbocycles. The molecule has 8 heteroatoms. The second-order valence-electron chi connectivity index (χ2n) is 3.18. The van der Waals surface area contributed by atoms with Gasteiger partial charge in [0.2, 0.25) is 0 Å². The fraction of sp³-hybridized carbons (Fsp3) is 0. The zero-order valence-corrected chi connectivity index (χ0v) is 10.6. The lowest BCUT2D eigenvalue weighted by Crippen LogP contribution is -2.05. The van der Waals surface area contributed by atoms with Gasteiger partial charge in [-0.2, -0.15) is 5.10 Å². The van der Waals surface area contributed by atoms with Crippen LogP contribution in [0.5, 0.6) is 0 Å². The van der Waals surface area contributed by atoms with Crippen molar-refractivity contribution in [1.82, 2.24) is 9.78 Å². The Balaban J connectivity index is 2.69. The van der Waals surface area contributed by atoms with Gasteiger partial charge in [0.15, 0.2) is 0 Å². The standard InChI is InChI=1S/C9H6BrClN4O2/c10-5-1-2-7(15(16)17)8(3-5)14-9(12)6(11)4-13-14/h1-4H,12H2. The van der Waals surface area contributed by atoms with E-state index in [4.69, 9.17) is 17.3 Å². The van der Waals surface area contributed by atoms with Crippen molar-refractivity contribution in [1.29, 1.82) is 0 Å². The van der Waals surface area contributed by atoms with E-state index in [1.165, 1.54) is 16.9 Å². The summed E-state index contributed by atoms with van der Waals surface area (Å²) in [7, 11) is 0. The fourth-order valence-corrected chi connectivity index (χ4v) is 1.82. The number of hydrogen-bond donors (Lipinski definition) is 1. The summed E-state index contributed by atoms with van der Waals surface area (Å²) in [6.45, 7) is 0. The van der Waals surface area contributed by atoms with Gasteiger partial charge in [-0.05, 0) is 12.1 Å². The van der Waals surface area contributed by atoms with Crippen LogP contribution in [0, 0.1) is 10.1 Å². The normalized spacial score (nSPS) is 10.5. The molecular formula is C9H6BrClN4O2. The zero-order chi connectivity index (χ0) is 12.6. The summed E-state index contributed by atoms with van der Waals surface area (Å²) < 4.78 is 1.91. The predicted molar refractivity (Wildman–Crippen MR) is 67.3 cm³/mol. The third-order valence-electron chi connectivity index (χ3n) is 2.12. The van der Waals surface area contributed by atoms with Crippen LogP contribution in [0.15, 0.2) is 28.9 Å². The van der Waals surface area contributed by atoms with Crippen LogP contribution in [0.3, 0.4) is 0 Å². The number of nitrogens with zero attached hydrogens (tertiary/aromatic N) is 3. The third-order valence-corrected chi connectivity index (χ3v) is 2.91. The van der Waals surface area contributed by atoms with Gasteiger partial charge in [-0.3, -0.25) is 10.1 Å². The van der Waals surface area contributed by atoms with Crippen LogP contribution in [0.2, 0.25) is 5.02 Å². The third kappa shape index (κ3) is 2.11. The molecule has 0 atom stereocenters. The van der Waals surface area contributed by atoms with E-state index in [1.807, 2.05) is 0 Å². The Kier molecular flexibility index (Phi) is 3.03. The molecule has 0 spiro atoms. The highest BCUT2D eigenvalue weighted by Gasteiger charge is 2.18. The summed E-state index contributed by atoms with van der Waals surface area (Å²) in [5, 5.41) is 15.1. The van der Waals surface area contributed by atoms with Crippen molar-refractivity contribution in [3.05, 3.63) is 44.0 Å². The molecule has 0 radical (unpaired) electrons. The van der Waals surface area contributed by atoms with Crippen LogP contribution in [-0.4, -0.2) is 14.7 Å². The van der Waals surface area contributed by atoms with Crippen molar-refractivity contribution in [2.45, 2.75) is 0 Å². The van der Waals surface area contributed by atoms with E-state index < -0.39 is 4.92 Å². The number of hydrogen-bond acceptors (Lipinski definition) is 4. The average Bonchev–Trinajstić information content (AvgIpc) is 2.59. The van der Waals surface area contributed by atoms with Gasteiger partial charge in [-0.25, -0.2) is 4.68 Å². The second kappa shape index (κ2) is 4.34. The number of halogens is 2. The minimum absolute atomic E-state index is 0.0975. The van der Waals surface area contributed by atoms with E-state index >= 15 is 0 Å². The van der Waals surface area contributed by atoms with Crippen LogP contribution in [0.1, 0.15) is 0 Å². The Morgan fingerprint density at radius 2 is 2.24 bits per heavy atom. The molecule has 0 aliphatic carbocycles. The summed E-state index contributed by atoms with van der Waals surface area (Å²) in [6, 6.07) is 4.50. The van der Waals surface area contributed by atoms with Crippen LogP contribution in [0.4, 0.5) is 11.5 Å². The molecular weight excluding hydrogens is 311 g/mol. The van der Waals surface area contributed by atoms with Gasteiger partial charge in [0.05, 0.1) is 11.1 Å². The van der Waals surface area contributed by atoms with Gasteiger partial charge in [-0.1, -0.05) is 27.5 Å². The smallest absolute Gasteiger partial charge is 0.295 e. The van der Waals surface area contributed by atoms with Gasteiger partial charge < -0.3 is 5.73 Å². The first-order valence-electron chi connectivity index (χ1n) is 4.44. The lowest BCUT2D eigenvalue weighted by atomic mass is 10.3. The highest BCUT2D eigenvalue weighted by atomic mass is 79.9. The molecule has 0 bridgehead atoms. The molecule has 1 aromatic carbocycles. The minimum Gasteiger partial charge on any atom is -0.382 e. The molecule has 0 aliphatic rings. The van der Waals surface area contributed by atoms with Crippen LogP contribution >= 0.6 is 27.5 Å². The second-order valence-corrected chi connectivity index (χ2v) is 4.50. The summed E-state index contributed by atoms with van der Waals surface area (Å²) >= 11 is 9.00. The molecule has 2 aromatic rings. The van der Waals surface area contributed by atoms with E-state index in [0.717, 1.165) is 0 Å². The molecule has 0 unspecified atom stereocenters. The van der Waals surface area contributed by atoms with Gasteiger partial charge >= 0.3 is 0 Å². The number of anilines is 1. The number of aromatic nitrogens is 2. The van der Waals surface area contributed by atoms with Crippen molar-refractivity contribution in [2.24, 2.45) is 0 Å². The molecule has 88 valence electrons. The number of nitro benzene ring substituents is 1. The lowest BCUT2D eigenvalue weighted by Gasteiger charge is -2.05. The molecule has 17 heavy (non-hydrogen) atoms. The largest absolute Gasteiger partial charge is 0.382 e. The number of rotatable bonds is 2. The molecule has 0 saturated heterocycles. The quantitative estimate of drug-likeness (QED) is 0.681. The highest BCUT2D eigenvalue weighted by Crippen LogP contribution is 2.30. The maximum Gasteiger partial charge on any atom is 0.295 e. The Morgan fingerprint density at radius 3 is 2.76 bits per heavy atom. The average molecular weight is 318 g/mol. The van der Waals surface area contributed by atoms with E-state index in [-0.39, 0.29) is 22.2 Å². The number of nitrogen functional groups attached to an aromatic ring is 1. The highest BCUT2D eigenvalue weighted by molar-refractivity contribution is 9.10. The number of nitro groups is 1. The van der Waals surface area contributed by atoms with Crippen molar-refractivity contribution in [3.8, 4) is 5.69 Å². The zero-order valence-electron chi connectivity index (χ0n) is 8.30. The van der Waals surface area contributed by atoms with Gasteiger partial charge in [0.1, 0.15) is 16.5 Å². The van der Waals surface area contributed by atoms with Gasteiger partial charge in [0, 0.05) is 10.5 Å². The molecule has 1 aromatic heterocycles. The summed E-state index contributed by atoms with van der Waals surface area (Å²) in [6.07, 6.45) is 1.33. The summed E-state index contributed by atoms with van der Waals surface area (Å²) in [4.78, 5) is 10.4. The first-order valence-corrected chi connectivity index (χ1v) is 5.61. The van der Waals surface area contributed by atoms with Crippen molar-refractivity contribution in [3.63, 3.8) is 0 Å². The maximum absolute atomic E-state index is 10.9. The van der Waals surface area contributed by atoms with Crippen LogP contribution < -0.4 is 5.73 Å². The summed E-state index contributed by atoms with van der Waals surface area (Å²) in [5.41, 5.74) is 5.84. The monoisotopic (exact) mass is 316 g/mol. The molecule has 0 fully saturated rings. The van der Waals surface area contributed by atoms with E-state index in [0.29, 0.717) is 4.47 Å².